The van der Waals surface area contributed by atoms with Gasteiger partial charge >= 0.3 is 0 Å². The van der Waals surface area contributed by atoms with Crippen molar-refractivity contribution in [3.8, 4) is 23.3 Å². The summed E-state index contributed by atoms with van der Waals surface area (Å²) in [6, 6.07) is 21.3. The lowest BCUT2D eigenvalue weighted by molar-refractivity contribution is 0.477. The largest absolute Gasteiger partial charge is 0.457 e. The Bertz CT molecular complexity index is 1660. The fourth-order valence-electron chi connectivity index (χ4n) is 4.06. The third kappa shape index (κ3) is 5.90. The van der Waals surface area contributed by atoms with E-state index in [0.29, 0.717) is 12.4 Å². The highest BCUT2D eigenvalue weighted by molar-refractivity contribution is 7.88. The molecule has 37 heavy (non-hydrogen) atoms. The molecule has 4 aromatic rings. The van der Waals surface area contributed by atoms with Crippen molar-refractivity contribution < 1.29 is 13.2 Å². The van der Waals surface area contributed by atoms with E-state index >= 15 is 0 Å². The van der Waals surface area contributed by atoms with E-state index in [-0.39, 0.29) is 0 Å². The van der Waals surface area contributed by atoms with Crippen LogP contribution in [0.5, 0.6) is 11.5 Å². The van der Waals surface area contributed by atoms with Crippen LogP contribution in [0, 0.1) is 18.8 Å². The zero-order valence-corrected chi connectivity index (χ0v) is 21.4. The van der Waals surface area contributed by atoms with Gasteiger partial charge in [-0.05, 0) is 73.9 Å². The molecule has 0 fully saturated rings. The summed E-state index contributed by atoms with van der Waals surface area (Å²) in [6.45, 7) is 2.49. The van der Waals surface area contributed by atoms with Crippen molar-refractivity contribution in [3.05, 3.63) is 96.0 Å². The summed E-state index contributed by atoms with van der Waals surface area (Å²) in [5, 5.41) is 4.23. The maximum atomic E-state index is 11.9. The Hall–Kier alpha value is -4.35. The third-order valence-electron chi connectivity index (χ3n) is 5.96. The lowest BCUT2D eigenvalue weighted by Gasteiger charge is -2.22. The number of nitrogens with zero attached hydrogens (tertiary/aromatic N) is 3. The lowest BCUT2D eigenvalue weighted by Crippen LogP contribution is -2.28. The number of para-hydroxylation sites is 1. The highest BCUT2D eigenvalue weighted by Crippen LogP contribution is 2.30. The summed E-state index contributed by atoms with van der Waals surface area (Å²) >= 11 is 0. The number of rotatable bonds is 5. The van der Waals surface area contributed by atoms with Gasteiger partial charge < -0.3 is 10.1 Å². The van der Waals surface area contributed by atoms with Gasteiger partial charge in [0.05, 0.1) is 11.8 Å². The van der Waals surface area contributed by atoms with Crippen LogP contribution in [0.15, 0.2) is 84.8 Å². The topological polar surface area (TPSA) is 84.4 Å². The van der Waals surface area contributed by atoms with Crippen LogP contribution in [0.2, 0.25) is 0 Å². The monoisotopic (exact) mass is 510 g/mol. The predicted octanol–water partition coefficient (Wildman–Crippen LogP) is 5.76. The Morgan fingerprint density at radius 2 is 1.84 bits per heavy atom. The second-order valence-electron chi connectivity index (χ2n) is 8.86. The number of nitrogens with one attached hydrogen (secondary N) is 1. The number of hydrogen-bond donors (Lipinski definition) is 1. The number of anilines is 2. The van der Waals surface area contributed by atoms with Crippen molar-refractivity contribution in [2.45, 2.75) is 19.8 Å². The van der Waals surface area contributed by atoms with Crippen molar-refractivity contribution in [2.75, 3.05) is 18.1 Å². The summed E-state index contributed by atoms with van der Waals surface area (Å²) in [6.07, 6.45) is 5.88. The van der Waals surface area contributed by atoms with E-state index in [1.165, 1.54) is 16.9 Å². The SMILES string of the molecule is Cc1cc(Nc2ncnc3ccc(C#CC4=CN(S(C)(=O)=O)CCC4)cc23)ccc1Oc1ccccc1. The molecule has 0 amide bonds. The molecule has 0 saturated heterocycles. The molecule has 186 valence electrons. The highest BCUT2D eigenvalue weighted by Gasteiger charge is 2.17. The van der Waals surface area contributed by atoms with Crippen LogP contribution in [0.3, 0.4) is 0 Å². The van der Waals surface area contributed by atoms with Crippen LogP contribution in [0.25, 0.3) is 10.9 Å². The zero-order valence-electron chi connectivity index (χ0n) is 20.6. The first-order valence-electron chi connectivity index (χ1n) is 11.9. The van der Waals surface area contributed by atoms with Gasteiger partial charge in [-0.25, -0.2) is 18.4 Å². The Morgan fingerprint density at radius 3 is 2.62 bits per heavy atom. The minimum atomic E-state index is -3.27. The summed E-state index contributed by atoms with van der Waals surface area (Å²) in [7, 11) is -3.27. The molecule has 0 radical (unpaired) electrons. The van der Waals surface area contributed by atoms with Gasteiger partial charge in [-0.3, -0.25) is 4.31 Å². The molecule has 1 N–H and O–H groups in total. The molecule has 3 aromatic carbocycles. The van der Waals surface area contributed by atoms with E-state index in [4.69, 9.17) is 4.74 Å². The molecule has 0 saturated carbocycles. The molecule has 2 heterocycles. The first-order valence-corrected chi connectivity index (χ1v) is 13.7. The molecule has 0 bridgehead atoms. The van der Waals surface area contributed by atoms with Crippen LogP contribution >= 0.6 is 0 Å². The molecule has 0 atom stereocenters. The van der Waals surface area contributed by atoms with Crippen molar-refractivity contribution >= 4 is 32.4 Å². The van der Waals surface area contributed by atoms with Gasteiger partial charge in [-0.15, -0.1) is 0 Å². The smallest absolute Gasteiger partial charge is 0.231 e. The zero-order chi connectivity index (χ0) is 25.8. The molecular weight excluding hydrogens is 484 g/mol. The first kappa shape index (κ1) is 24.3. The van der Waals surface area contributed by atoms with Crippen LogP contribution in [0.4, 0.5) is 11.5 Å². The van der Waals surface area contributed by atoms with E-state index in [1.807, 2.05) is 73.7 Å². The Balaban J connectivity index is 1.39. The second kappa shape index (κ2) is 10.3. The molecule has 5 rings (SSSR count). The van der Waals surface area contributed by atoms with Crippen molar-refractivity contribution in [1.82, 2.24) is 14.3 Å². The highest BCUT2D eigenvalue weighted by atomic mass is 32.2. The average Bonchev–Trinajstić information content (AvgIpc) is 2.89. The van der Waals surface area contributed by atoms with Gasteiger partial charge in [0.1, 0.15) is 23.6 Å². The van der Waals surface area contributed by atoms with E-state index < -0.39 is 10.0 Å². The summed E-state index contributed by atoms with van der Waals surface area (Å²) in [5.41, 5.74) is 4.26. The first-order chi connectivity index (χ1) is 17.8. The summed E-state index contributed by atoms with van der Waals surface area (Å²) < 4.78 is 31.1. The van der Waals surface area contributed by atoms with Crippen LogP contribution in [-0.4, -0.2) is 35.5 Å². The van der Waals surface area contributed by atoms with E-state index in [1.54, 1.807) is 6.20 Å². The molecular formula is C29H26N4O3S. The van der Waals surface area contributed by atoms with E-state index in [0.717, 1.165) is 57.6 Å². The fraction of sp³-hybridized carbons (Fsp3) is 0.172. The molecule has 0 spiro atoms. The normalized spacial score (nSPS) is 13.5. The van der Waals surface area contributed by atoms with E-state index in [2.05, 4.69) is 27.1 Å². The predicted molar refractivity (Wildman–Crippen MR) is 146 cm³/mol. The van der Waals surface area contributed by atoms with Gasteiger partial charge in [0.25, 0.3) is 0 Å². The minimum Gasteiger partial charge on any atom is -0.457 e. The Kier molecular flexibility index (Phi) is 6.80. The van der Waals surface area contributed by atoms with Gasteiger partial charge in [0, 0.05) is 35.0 Å². The van der Waals surface area contributed by atoms with Gasteiger partial charge in [-0.1, -0.05) is 30.0 Å². The Morgan fingerprint density at radius 1 is 1.00 bits per heavy atom. The van der Waals surface area contributed by atoms with Crippen LogP contribution in [-0.2, 0) is 10.0 Å². The summed E-state index contributed by atoms with van der Waals surface area (Å²) in [4.78, 5) is 8.85. The number of benzene rings is 3. The minimum absolute atomic E-state index is 0.491. The Labute approximate surface area is 216 Å². The maximum Gasteiger partial charge on any atom is 0.231 e. The third-order valence-corrected chi connectivity index (χ3v) is 7.10. The lowest BCUT2D eigenvalue weighted by atomic mass is 10.1. The van der Waals surface area contributed by atoms with Gasteiger partial charge in [-0.2, -0.15) is 0 Å². The summed E-state index contributed by atoms with van der Waals surface area (Å²) in [5.74, 6) is 8.55. The van der Waals surface area contributed by atoms with Gasteiger partial charge in [0.15, 0.2) is 0 Å². The molecule has 1 aromatic heterocycles. The molecule has 0 unspecified atom stereocenters. The van der Waals surface area contributed by atoms with E-state index in [9.17, 15) is 8.42 Å². The molecule has 1 aliphatic rings. The van der Waals surface area contributed by atoms with Crippen LogP contribution < -0.4 is 10.1 Å². The number of aromatic nitrogens is 2. The quantitative estimate of drug-likeness (QED) is 0.344. The number of hydrogen-bond acceptors (Lipinski definition) is 6. The number of sulfonamides is 1. The van der Waals surface area contributed by atoms with Crippen molar-refractivity contribution in [3.63, 3.8) is 0 Å². The standard InChI is InChI=1S/C29H26N4O3S/c1-21-17-24(13-15-28(21)36-25-8-4-3-5-9-25)32-29-26-18-22(12-14-27(26)30-20-31-29)10-11-23-7-6-16-33(19-23)37(2,34)35/h3-5,8-9,12-15,17-20H,6-7,16H2,1-2H3,(H,30,31,32). The molecule has 7 nitrogen and oxygen atoms in total. The van der Waals surface area contributed by atoms with Crippen molar-refractivity contribution in [1.29, 1.82) is 0 Å². The van der Waals surface area contributed by atoms with Crippen molar-refractivity contribution in [2.24, 2.45) is 0 Å². The molecule has 0 aliphatic carbocycles. The number of fused-ring (bicyclic) bond motifs is 1. The second-order valence-corrected chi connectivity index (χ2v) is 10.8. The number of ether oxygens (including phenoxy) is 1. The number of allylic oxidation sites excluding steroid dienone is 1. The van der Waals surface area contributed by atoms with Gasteiger partial charge in [0.2, 0.25) is 10.0 Å². The molecule has 1 aliphatic heterocycles. The molecule has 8 heteroatoms. The fourth-order valence-corrected chi connectivity index (χ4v) is 4.84. The average molecular weight is 511 g/mol. The van der Waals surface area contributed by atoms with Crippen LogP contribution in [0.1, 0.15) is 24.0 Å². The number of aryl methyl sites for hydroxylation is 1. The maximum absolute atomic E-state index is 11.9.